The lowest BCUT2D eigenvalue weighted by Crippen LogP contribution is -2.36. The van der Waals surface area contributed by atoms with E-state index in [-0.39, 0.29) is 6.03 Å². The summed E-state index contributed by atoms with van der Waals surface area (Å²) >= 11 is 0. The lowest BCUT2D eigenvalue weighted by Gasteiger charge is -2.09. The van der Waals surface area contributed by atoms with Gasteiger partial charge in [0, 0.05) is 25.5 Å². The van der Waals surface area contributed by atoms with Crippen molar-refractivity contribution in [1.29, 1.82) is 0 Å². The van der Waals surface area contributed by atoms with E-state index >= 15 is 0 Å². The number of hydrogen-bond acceptors (Lipinski definition) is 3. The van der Waals surface area contributed by atoms with E-state index < -0.39 is 6.10 Å². The summed E-state index contributed by atoms with van der Waals surface area (Å²) in [6.07, 6.45) is 3.75. The first-order valence-electron chi connectivity index (χ1n) is 6.94. The highest BCUT2D eigenvalue weighted by Gasteiger charge is 2.02. The molecule has 0 saturated carbocycles. The number of benzene rings is 1. The summed E-state index contributed by atoms with van der Waals surface area (Å²) in [5, 5.41) is 18.7. The van der Waals surface area contributed by atoms with Gasteiger partial charge in [-0.3, -0.25) is 0 Å². The van der Waals surface area contributed by atoms with Crippen LogP contribution in [-0.4, -0.2) is 33.6 Å². The van der Waals surface area contributed by atoms with Crippen molar-refractivity contribution in [2.45, 2.75) is 26.0 Å². The van der Waals surface area contributed by atoms with E-state index in [1.165, 1.54) is 0 Å². The zero-order chi connectivity index (χ0) is 15.1. The van der Waals surface area contributed by atoms with Crippen molar-refractivity contribution in [1.82, 2.24) is 20.4 Å². The molecule has 0 spiro atoms. The summed E-state index contributed by atoms with van der Waals surface area (Å²) < 4.78 is 1.78. The van der Waals surface area contributed by atoms with Crippen molar-refractivity contribution in [3.8, 4) is 5.69 Å². The Bertz CT molecular complexity index is 550. The molecule has 21 heavy (non-hydrogen) atoms. The van der Waals surface area contributed by atoms with Gasteiger partial charge in [-0.25, -0.2) is 9.48 Å². The van der Waals surface area contributed by atoms with Crippen molar-refractivity contribution in [3.63, 3.8) is 0 Å². The number of amides is 2. The number of aromatic nitrogens is 2. The van der Waals surface area contributed by atoms with Gasteiger partial charge in [0.15, 0.2) is 0 Å². The van der Waals surface area contributed by atoms with Gasteiger partial charge in [-0.2, -0.15) is 5.10 Å². The fraction of sp³-hybridized carbons (Fsp3) is 0.333. The van der Waals surface area contributed by atoms with E-state index in [2.05, 4.69) is 15.7 Å². The lowest BCUT2D eigenvalue weighted by atomic mass is 10.2. The number of nitrogens with one attached hydrogen (secondary N) is 2. The fourth-order valence-electron chi connectivity index (χ4n) is 1.83. The van der Waals surface area contributed by atoms with E-state index in [1.807, 2.05) is 36.5 Å². The summed E-state index contributed by atoms with van der Waals surface area (Å²) in [7, 11) is 0. The van der Waals surface area contributed by atoms with Crippen LogP contribution in [-0.2, 0) is 6.54 Å². The molecule has 0 radical (unpaired) electrons. The number of aliphatic hydroxyl groups excluding tert-OH is 1. The average Bonchev–Trinajstić information content (AvgIpc) is 2.99. The molecule has 1 heterocycles. The Morgan fingerprint density at radius 1 is 1.33 bits per heavy atom. The van der Waals surface area contributed by atoms with E-state index in [4.69, 9.17) is 5.11 Å². The van der Waals surface area contributed by atoms with Crippen LogP contribution in [0.5, 0.6) is 0 Å². The zero-order valence-electron chi connectivity index (χ0n) is 12.0. The maximum Gasteiger partial charge on any atom is 0.315 e. The van der Waals surface area contributed by atoms with Crippen LogP contribution in [0.25, 0.3) is 5.69 Å². The monoisotopic (exact) mass is 288 g/mol. The minimum Gasteiger partial charge on any atom is -0.393 e. The quantitative estimate of drug-likeness (QED) is 0.752. The highest BCUT2D eigenvalue weighted by atomic mass is 16.3. The lowest BCUT2D eigenvalue weighted by molar-refractivity contribution is 0.183. The SMILES string of the molecule is CC(O)CCNC(=O)NCc1ccc(-n2cccn2)cc1. The Morgan fingerprint density at radius 2 is 2.10 bits per heavy atom. The molecular formula is C15H20N4O2. The van der Waals surface area contributed by atoms with Crippen LogP contribution in [0.1, 0.15) is 18.9 Å². The molecule has 0 fully saturated rings. The Morgan fingerprint density at radius 3 is 2.71 bits per heavy atom. The molecule has 2 amide bonds. The van der Waals surface area contributed by atoms with Crippen LogP contribution in [0.15, 0.2) is 42.7 Å². The van der Waals surface area contributed by atoms with Crippen LogP contribution >= 0.6 is 0 Å². The second-order valence-corrected chi connectivity index (χ2v) is 4.86. The maximum atomic E-state index is 11.5. The third kappa shape index (κ3) is 4.92. The highest BCUT2D eigenvalue weighted by Crippen LogP contribution is 2.08. The molecule has 1 aromatic carbocycles. The van der Waals surface area contributed by atoms with Gasteiger partial charge in [0.2, 0.25) is 0 Å². The van der Waals surface area contributed by atoms with E-state index in [1.54, 1.807) is 17.8 Å². The molecule has 6 nitrogen and oxygen atoms in total. The second kappa shape index (κ2) is 7.44. The Balaban J connectivity index is 1.77. The summed E-state index contributed by atoms with van der Waals surface area (Å²) in [5.74, 6) is 0. The molecule has 0 aliphatic rings. The smallest absolute Gasteiger partial charge is 0.315 e. The van der Waals surface area contributed by atoms with Gasteiger partial charge in [-0.05, 0) is 37.1 Å². The van der Waals surface area contributed by atoms with Gasteiger partial charge in [-0.1, -0.05) is 12.1 Å². The number of nitrogens with zero attached hydrogens (tertiary/aromatic N) is 2. The highest BCUT2D eigenvalue weighted by molar-refractivity contribution is 5.73. The van der Waals surface area contributed by atoms with Crippen molar-refractivity contribution < 1.29 is 9.90 Å². The van der Waals surface area contributed by atoms with Crippen molar-refractivity contribution in [2.24, 2.45) is 0 Å². The van der Waals surface area contributed by atoms with Gasteiger partial charge < -0.3 is 15.7 Å². The van der Waals surface area contributed by atoms with Gasteiger partial charge in [0.1, 0.15) is 0 Å². The molecular weight excluding hydrogens is 268 g/mol. The van der Waals surface area contributed by atoms with Crippen molar-refractivity contribution in [2.75, 3.05) is 6.54 Å². The number of aliphatic hydroxyl groups is 1. The standard InChI is InChI=1S/C15H20N4O2/c1-12(20)7-9-16-15(21)17-11-13-3-5-14(6-4-13)19-10-2-8-18-19/h2-6,8,10,12,20H,7,9,11H2,1H3,(H2,16,17,21). The third-order valence-corrected chi connectivity index (χ3v) is 3.01. The summed E-state index contributed by atoms with van der Waals surface area (Å²) in [5.41, 5.74) is 1.99. The zero-order valence-corrected chi connectivity index (χ0v) is 12.0. The summed E-state index contributed by atoms with van der Waals surface area (Å²) in [4.78, 5) is 11.5. The van der Waals surface area contributed by atoms with Gasteiger partial charge in [-0.15, -0.1) is 0 Å². The molecule has 2 aromatic rings. The van der Waals surface area contributed by atoms with Crippen LogP contribution in [0, 0.1) is 0 Å². The van der Waals surface area contributed by atoms with Gasteiger partial charge >= 0.3 is 6.03 Å². The molecule has 0 aliphatic heterocycles. The summed E-state index contributed by atoms with van der Waals surface area (Å²) in [6, 6.07) is 9.45. The average molecular weight is 288 g/mol. The molecule has 1 aromatic heterocycles. The first-order valence-corrected chi connectivity index (χ1v) is 6.94. The molecule has 6 heteroatoms. The normalized spacial score (nSPS) is 11.9. The minimum absolute atomic E-state index is 0.230. The molecule has 1 atom stereocenters. The molecule has 2 rings (SSSR count). The Hall–Kier alpha value is -2.34. The molecule has 0 bridgehead atoms. The minimum atomic E-state index is -0.403. The maximum absolute atomic E-state index is 11.5. The van der Waals surface area contributed by atoms with E-state index in [0.29, 0.717) is 19.5 Å². The molecule has 3 N–H and O–H groups in total. The predicted molar refractivity (Wildman–Crippen MR) is 80.1 cm³/mol. The van der Waals surface area contributed by atoms with E-state index in [0.717, 1.165) is 11.3 Å². The molecule has 1 unspecified atom stereocenters. The Kier molecular flexibility index (Phi) is 5.34. The number of carbonyl (C=O) groups is 1. The number of hydrogen-bond donors (Lipinski definition) is 3. The van der Waals surface area contributed by atoms with Crippen LogP contribution < -0.4 is 10.6 Å². The molecule has 112 valence electrons. The second-order valence-electron chi connectivity index (χ2n) is 4.86. The third-order valence-electron chi connectivity index (χ3n) is 3.01. The topological polar surface area (TPSA) is 79.2 Å². The van der Waals surface area contributed by atoms with E-state index in [9.17, 15) is 4.79 Å². The summed E-state index contributed by atoms with van der Waals surface area (Å²) in [6.45, 7) is 2.61. The van der Waals surface area contributed by atoms with Crippen LogP contribution in [0.4, 0.5) is 4.79 Å². The number of urea groups is 1. The van der Waals surface area contributed by atoms with Crippen LogP contribution in [0.2, 0.25) is 0 Å². The molecule has 0 saturated heterocycles. The van der Waals surface area contributed by atoms with Gasteiger partial charge in [0.05, 0.1) is 11.8 Å². The first kappa shape index (κ1) is 15.1. The van der Waals surface area contributed by atoms with Crippen LogP contribution in [0.3, 0.4) is 0 Å². The largest absolute Gasteiger partial charge is 0.393 e. The Labute approximate surface area is 123 Å². The fourth-order valence-corrected chi connectivity index (χ4v) is 1.83. The van der Waals surface area contributed by atoms with Gasteiger partial charge in [0.25, 0.3) is 0 Å². The van der Waals surface area contributed by atoms with Crippen molar-refractivity contribution in [3.05, 3.63) is 48.3 Å². The predicted octanol–water partition coefficient (Wildman–Crippen LogP) is 1.44. The molecule has 0 aliphatic carbocycles. The van der Waals surface area contributed by atoms with Crippen molar-refractivity contribution >= 4 is 6.03 Å². The number of carbonyl (C=O) groups excluding carboxylic acids is 1. The number of rotatable bonds is 6. The first-order chi connectivity index (χ1) is 10.1.